The number of carbonyl (C=O) groups excluding carboxylic acids is 1. The fraction of sp³-hybridized carbons (Fsp3) is 0.636. The van der Waals surface area contributed by atoms with E-state index in [4.69, 9.17) is 0 Å². The van der Waals surface area contributed by atoms with Gasteiger partial charge in [-0.15, -0.1) is 0 Å². The van der Waals surface area contributed by atoms with Gasteiger partial charge < -0.3 is 9.72 Å². The highest BCUT2D eigenvalue weighted by Crippen LogP contribution is 2.14. The molecule has 8 heteroatoms. The third kappa shape index (κ3) is 3.54. The minimum Gasteiger partial charge on any atom is -0.469 e. The molecule has 7 nitrogen and oxygen atoms in total. The summed E-state index contributed by atoms with van der Waals surface area (Å²) < 4.78 is 30.1. The van der Waals surface area contributed by atoms with Crippen molar-refractivity contribution in [2.24, 2.45) is 5.92 Å². The Hall–Kier alpha value is -1.41. The minimum atomic E-state index is -3.66. The monoisotopic (exact) mass is 289 g/mol. The van der Waals surface area contributed by atoms with E-state index in [1.807, 2.05) is 6.92 Å². The van der Waals surface area contributed by atoms with Crippen LogP contribution in [0.15, 0.2) is 11.2 Å². The molecule has 0 aromatic carbocycles. The Bertz CT molecular complexity index is 538. The second-order valence-electron chi connectivity index (χ2n) is 4.26. The Morgan fingerprint density at radius 1 is 1.58 bits per heavy atom. The van der Waals surface area contributed by atoms with Crippen molar-refractivity contribution in [3.63, 3.8) is 0 Å². The Morgan fingerprint density at radius 3 is 2.68 bits per heavy atom. The molecule has 0 radical (unpaired) electrons. The number of sulfonamides is 1. The molecule has 0 aliphatic rings. The zero-order valence-corrected chi connectivity index (χ0v) is 12.3. The van der Waals surface area contributed by atoms with Gasteiger partial charge in [0.1, 0.15) is 5.82 Å². The van der Waals surface area contributed by atoms with Crippen LogP contribution in [0.4, 0.5) is 0 Å². The topological polar surface area (TPSA) is 92.4 Å². The van der Waals surface area contributed by atoms with E-state index in [9.17, 15) is 13.2 Å². The number of hydrogen-bond acceptors (Lipinski definition) is 5. The first kappa shape index (κ1) is 15.6. The average Bonchev–Trinajstić information content (AvgIpc) is 2.86. The van der Waals surface area contributed by atoms with Crippen molar-refractivity contribution < 1.29 is 17.9 Å². The number of ether oxygens (including phenoxy) is 1. The lowest BCUT2D eigenvalue weighted by Crippen LogP contribution is -2.34. The number of hydrogen-bond donors (Lipinski definition) is 1. The third-order valence-electron chi connectivity index (χ3n) is 2.76. The zero-order chi connectivity index (χ0) is 14.6. The molecule has 1 heterocycles. The summed E-state index contributed by atoms with van der Waals surface area (Å²) in [5, 5.41) is 0.0314. The summed E-state index contributed by atoms with van der Waals surface area (Å²) in [4.78, 5) is 18.0. The quantitative estimate of drug-likeness (QED) is 0.765. The van der Waals surface area contributed by atoms with Gasteiger partial charge in [0.05, 0.1) is 19.2 Å². The van der Waals surface area contributed by atoms with Gasteiger partial charge in [0.2, 0.25) is 0 Å². The van der Waals surface area contributed by atoms with E-state index in [2.05, 4.69) is 14.7 Å². The highest BCUT2D eigenvalue weighted by molar-refractivity contribution is 7.89. The normalized spacial score (nSPS) is 13.5. The van der Waals surface area contributed by atoms with E-state index in [1.54, 1.807) is 6.92 Å². The molecule has 1 rings (SSSR count). The van der Waals surface area contributed by atoms with Gasteiger partial charge in [-0.2, -0.15) is 4.31 Å². The van der Waals surface area contributed by atoms with Crippen LogP contribution < -0.4 is 0 Å². The Morgan fingerprint density at radius 2 is 2.21 bits per heavy atom. The van der Waals surface area contributed by atoms with E-state index in [1.165, 1.54) is 20.4 Å². The SMILES string of the molecule is CCc1ncc(S(=O)(=O)N(C)CC(C)C(=O)OC)[nH]1. The van der Waals surface area contributed by atoms with Crippen LogP contribution >= 0.6 is 0 Å². The molecule has 0 saturated carbocycles. The van der Waals surface area contributed by atoms with Gasteiger partial charge in [0.15, 0.2) is 5.03 Å². The van der Waals surface area contributed by atoms with Gasteiger partial charge in [-0.3, -0.25) is 4.79 Å². The number of rotatable bonds is 6. The number of esters is 1. The van der Waals surface area contributed by atoms with Crippen LogP contribution in [0.25, 0.3) is 0 Å². The van der Waals surface area contributed by atoms with Crippen LogP contribution in [0.3, 0.4) is 0 Å². The van der Waals surface area contributed by atoms with Crippen LogP contribution in [-0.4, -0.2) is 49.4 Å². The molecule has 1 N–H and O–H groups in total. The lowest BCUT2D eigenvalue weighted by Gasteiger charge is -2.18. The molecular formula is C11H19N3O4S. The molecular weight excluding hydrogens is 270 g/mol. The summed E-state index contributed by atoms with van der Waals surface area (Å²) in [5.41, 5.74) is 0. The molecule has 19 heavy (non-hydrogen) atoms. The number of aromatic nitrogens is 2. The number of H-pyrrole nitrogens is 1. The van der Waals surface area contributed by atoms with Gasteiger partial charge in [-0.25, -0.2) is 13.4 Å². The Labute approximate surface area is 113 Å². The second-order valence-corrected chi connectivity index (χ2v) is 6.27. The molecule has 1 unspecified atom stereocenters. The average molecular weight is 289 g/mol. The summed E-state index contributed by atoms with van der Waals surface area (Å²) in [7, 11) is -0.966. The van der Waals surface area contributed by atoms with Crippen molar-refractivity contribution in [1.82, 2.24) is 14.3 Å². The van der Waals surface area contributed by atoms with Crippen LogP contribution in [0.2, 0.25) is 0 Å². The molecule has 108 valence electrons. The molecule has 0 spiro atoms. The Balaban J connectivity index is 2.85. The van der Waals surface area contributed by atoms with Crippen LogP contribution in [-0.2, 0) is 26.0 Å². The maximum atomic E-state index is 12.2. The molecule has 0 saturated heterocycles. The summed E-state index contributed by atoms with van der Waals surface area (Å²) in [5.74, 6) is -0.368. The van der Waals surface area contributed by atoms with Crippen molar-refractivity contribution in [3.05, 3.63) is 12.0 Å². The highest BCUT2D eigenvalue weighted by atomic mass is 32.2. The molecule has 1 aromatic rings. The van der Waals surface area contributed by atoms with Gasteiger partial charge in [-0.05, 0) is 0 Å². The van der Waals surface area contributed by atoms with Crippen molar-refractivity contribution in [1.29, 1.82) is 0 Å². The lowest BCUT2D eigenvalue weighted by atomic mass is 10.2. The molecule has 0 aliphatic carbocycles. The van der Waals surface area contributed by atoms with E-state index < -0.39 is 21.9 Å². The number of imidazole rings is 1. The first-order chi connectivity index (χ1) is 8.82. The minimum absolute atomic E-state index is 0.0314. The first-order valence-electron chi connectivity index (χ1n) is 5.91. The zero-order valence-electron chi connectivity index (χ0n) is 11.5. The molecule has 1 aromatic heterocycles. The van der Waals surface area contributed by atoms with Gasteiger partial charge >= 0.3 is 5.97 Å². The number of nitrogens with one attached hydrogen (secondary N) is 1. The molecule has 0 amide bonds. The largest absolute Gasteiger partial charge is 0.469 e. The maximum absolute atomic E-state index is 12.2. The second kappa shape index (κ2) is 6.16. The first-order valence-corrected chi connectivity index (χ1v) is 7.35. The van der Waals surface area contributed by atoms with Gasteiger partial charge in [0.25, 0.3) is 10.0 Å². The summed E-state index contributed by atoms with van der Waals surface area (Å²) >= 11 is 0. The lowest BCUT2D eigenvalue weighted by molar-refractivity contribution is -0.144. The van der Waals surface area contributed by atoms with E-state index >= 15 is 0 Å². The van der Waals surface area contributed by atoms with Crippen LogP contribution in [0.5, 0.6) is 0 Å². The number of aryl methyl sites for hydroxylation is 1. The standard InChI is InChI=1S/C11H19N3O4S/c1-5-9-12-6-10(13-9)19(16,17)14(3)7-8(2)11(15)18-4/h6,8H,5,7H2,1-4H3,(H,12,13). The maximum Gasteiger partial charge on any atom is 0.309 e. The van der Waals surface area contributed by atoms with E-state index in [0.29, 0.717) is 12.2 Å². The van der Waals surface area contributed by atoms with Gasteiger partial charge in [0, 0.05) is 20.0 Å². The van der Waals surface area contributed by atoms with E-state index in [-0.39, 0.29) is 11.6 Å². The fourth-order valence-corrected chi connectivity index (χ4v) is 2.77. The van der Waals surface area contributed by atoms with E-state index in [0.717, 1.165) is 4.31 Å². The predicted molar refractivity (Wildman–Crippen MR) is 69.0 cm³/mol. The third-order valence-corrected chi connectivity index (χ3v) is 4.50. The predicted octanol–water partition coefficient (Wildman–Crippen LogP) is 0.402. The van der Waals surface area contributed by atoms with Crippen molar-refractivity contribution in [3.8, 4) is 0 Å². The van der Waals surface area contributed by atoms with Crippen molar-refractivity contribution in [2.45, 2.75) is 25.3 Å². The number of aromatic amines is 1. The van der Waals surface area contributed by atoms with Crippen molar-refractivity contribution in [2.75, 3.05) is 20.7 Å². The Kier molecular flexibility index (Phi) is 5.07. The van der Waals surface area contributed by atoms with Gasteiger partial charge in [-0.1, -0.05) is 13.8 Å². The summed E-state index contributed by atoms with van der Waals surface area (Å²) in [6, 6.07) is 0. The van der Waals surface area contributed by atoms with Crippen molar-refractivity contribution >= 4 is 16.0 Å². The van der Waals surface area contributed by atoms with Crippen LogP contribution in [0, 0.1) is 5.92 Å². The fourth-order valence-electron chi connectivity index (χ4n) is 1.58. The number of carbonyl (C=O) groups is 1. The molecule has 0 aliphatic heterocycles. The molecule has 1 atom stereocenters. The summed E-state index contributed by atoms with van der Waals surface area (Å²) in [6.07, 6.45) is 1.91. The summed E-state index contributed by atoms with van der Waals surface area (Å²) in [6.45, 7) is 3.54. The number of nitrogens with zero attached hydrogens (tertiary/aromatic N) is 2. The highest BCUT2D eigenvalue weighted by Gasteiger charge is 2.26. The smallest absolute Gasteiger partial charge is 0.309 e. The molecule has 0 bridgehead atoms. The molecule has 0 fully saturated rings. The van der Waals surface area contributed by atoms with Crippen LogP contribution in [0.1, 0.15) is 19.7 Å². The number of methoxy groups -OCH3 is 1.